The van der Waals surface area contributed by atoms with E-state index in [4.69, 9.17) is 0 Å². The Kier molecular flexibility index (Phi) is 18.5. The smallest absolute Gasteiger partial charge is 0.0910 e. The summed E-state index contributed by atoms with van der Waals surface area (Å²) in [5.74, 6) is 0. The minimum absolute atomic E-state index is 0. The van der Waals surface area contributed by atoms with E-state index in [0.29, 0.717) is 10.3 Å². The Hall–Kier alpha value is 1.15. The van der Waals surface area contributed by atoms with E-state index >= 15 is 0 Å². The minimum atomic E-state index is -0.114. The summed E-state index contributed by atoms with van der Waals surface area (Å²) >= 11 is 0. The molecular formula is C29H60CoP3+. The van der Waals surface area contributed by atoms with Crippen LogP contribution in [0.4, 0.5) is 0 Å². The van der Waals surface area contributed by atoms with E-state index in [9.17, 15) is 0 Å². The monoisotopic (exact) mass is 560 g/mol. The fourth-order valence-electron chi connectivity index (χ4n) is 5.28. The molecule has 33 heavy (non-hydrogen) atoms. The van der Waals surface area contributed by atoms with Crippen molar-refractivity contribution in [3.8, 4) is 0 Å². The second-order valence-corrected chi connectivity index (χ2v) is 24.7. The third-order valence-corrected chi connectivity index (χ3v) is 18.6. The average Bonchev–Trinajstić information content (AvgIpc) is 3.08. The topological polar surface area (TPSA) is 0 Å². The van der Waals surface area contributed by atoms with Crippen LogP contribution >= 0.6 is 23.8 Å². The first kappa shape index (κ1) is 36.3. The van der Waals surface area contributed by atoms with Gasteiger partial charge in [-0.3, -0.25) is 0 Å². The molecule has 0 saturated carbocycles. The van der Waals surface area contributed by atoms with Crippen LogP contribution in [0.2, 0.25) is 0 Å². The van der Waals surface area contributed by atoms with Crippen molar-refractivity contribution in [2.75, 3.05) is 18.5 Å². The first-order valence-electron chi connectivity index (χ1n) is 13.2. The van der Waals surface area contributed by atoms with Gasteiger partial charge in [-0.05, 0) is 71.9 Å². The molecule has 199 valence electrons. The number of hydrogen-bond donors (Lipinski definition) is 0. The van der Waals surface area contributed by atoms with Crippen LogP contribution in [-0.2, 0) is 23.2 Å². The summed E-state index contributed by atoms with van der Waals surface area (Å²) in [6.45, 7) is 33.9. The Balaban J connectivity index is 0. The molecule has 0 aliphatic carbocycles. The second-order valence-electron chi connectivity index (χ2n) is 12.8. The van der Waals surface area contributed by atoms with Crippen molar-refractivity contribution >= 4 is 23.8 Å². The van der Waals surface area contributed by atoms with Gasteiger partial charge in [0.1, 0.15) is 0 Å². The number of rotatable bonds is 10. The zero-order chi connectivity index (χ0) is 25.3. The SMILES string of the molecule is CC(C)(C)P(CC[c-]1cccc1)C(C)(C)C.CC(C)[PH+](CC[PH+](C(C)C)C(C)C)C(C)C.[Co]. The molecule has 1 aromatic rings. The van der Waals surface area contributed by atoms with Crippen LogP contribution in [0.1, 0.15) is 102 Å². The summed E-state index contributed by atoms with van der Waals surface area (Å²) in [6, 6.07) is 8.79. The molecule has 0 spiro atoms. The van der Waals surface area contributed by atoms with Crippen LogP contribution < -0.4 is 0 Å². The fraction of sp³-hybridized carbons (Fsp3) is 0.828. The quantitative estimate of drug-likeness (QED) is 0.197. The van der Waals surface area contributed by atoms with Gasteiger partial charge >= 0.3 is 0 Å². The number of aryl methyl sites for hydroxylation is 1. The zero-order valence-corrected chi connectivity index (χ0v) is 28.7. The van der Waals surface area contributed by atoms with Gasteiger partial charge in [-0.25, -0.2) is 12.1 Å². The van der Waals surface area contributed by atoms with Gasteiger partial charge in [0, 0.05) is 32.6 Å². The molecule has 0 atom stereocenters. The summed E-state index contributed by atoms with van der Waals surface area (Å²) in [7, 11) is -0.176. The van der Waals surface area contributed by atoms with Gasteiger partial charge in [0.05, 0.1) is 35.0 Å². The van der Waals surface area contributed by atoms with Crippen molar-refractivity contribution in [3.05, 3.63) is 29.8 Å². The van der Waals surface area contributed by atoms with E-state index < -0.39 is 0 Å². The van der Waals surface area contributed by atoms with E-state index in [-0.39, 0.29) is 40.5 Å². The van der Waals surface area contributed by atoms with Crippen molar-refractivity contribution in [1.82, 2.24) is 0 Å². The van der Waals surface area contributed by atoms with Crippen molar-refractivity contribution < 1.29 is 16.8 Å². The van der Waals surface area contributed by atoms with Gasteiger partial charge in [0.2, 0.25) is 0 Å². The largest absolute Gasteiger partial charge is 0.213 e. The van der Waals surface area contributed by atoms with Crippen molar-refractivity contribution in [1.29, 1.82) is 0 Å². The standard InChI is InChI=1S/C15H26P.C14H32P2.Co/c1-14(2,3)16(15(4,5)6)12-11-13-9-7-8-10-13;1-11(2)15(12(3)4)9-10-16(13(5)6)14(7)8;/h7-10H,11-12H2,1-6H3;11-14H,9-10H2,1-8H3;/q-1;;/p+2. The molecule has 0 heterocycles. The molecule has 0 amide bonds. The van der Waals surface area contributed by atoms with Gasteiger partial charge in [-0.15, -0.1) is 0 Å². The molecule has 0 nitrogen and oxygen atoms in total. The Morgan fingerprint density at radius 2 is 0.939 bits per heavy atom. The number of hydrogen-bond acceptors (Lipinski definition) is 0. The molecule has 0 N–H and O–H groups in total. The molecule has 4 heteroatoms. The van der Waals surface area contributed by atoms with Gasteiger partial charge < -0.3 is 0 Å². The van der Waals surface area contributed by atoms with E-state index in [1.807, 2.05) is 0 Å². The third kappa shape index (κ3) is 15.1. The second kappa shape index (κ2) is 16.8. The van der Waals surface area contributed by atoms with Gasteiger partial charge in [0.25, 0.3) is 0 Å². The first-order valence-corrected chi connectivity index (χ1v) is 18.4. The first-order chi connectivity index (χ1) is 14.5. The minimum Gasteiger partial charge on any atom is -0.213 e. The van der Waals surface area contributed by atoms with E-state index in [2.05, 4.69) is 121 Å². The van der Waals surface area contributed by atoms with Gasteiger partial charge in [0.15, 0.2) is 0 Å². The molecular weight excluding hydrogens is 500 g/mol. The Labute approximate surface area is 224 Å². The third-order valence-electron chi connectivity index (χ3n) is 6.64. The summed E-state index contributed by atoms with van der Waals surface area (Å²) in [5, 5.41) is 0.917. The summed E-state index contributed by atoms with van der Waals surface area (Å²) < 4.78 is 0. The predicted molar refractivity (Wildman–Crippen MR) is 164 cm³/mol. The van der Waals surface area contributed by atoms with Crippen LogP contribution in [0, 0.1) is 0 Å². The van der Waals surface area contributed by atoms with Crippen molar-refractivity contribution in [2.24, 2.45) is 0 Å². The van der Waals surface area contributed by atoms with Crippen LogP contribution in [0.25, 0.3) is 0 Å². The molecule has 0 saturated heterocycles. The molecule has 1 rings (SSSR count). The maximum atomic E-state index is 2.44. The molecule has 0 aliphatic heterocycles. The molecule has 1 radical (unpaired) electrons. The molecule has 0 aromatic heterocycles. The average molecular weight is 561 g/mol. The van der Waals surface area contributed by atoms with Gasteiger partial charge in [-0.2, -0.15) is 17.7 Å². The van der Waals surface area contributed by atoms with Crippen molar-refractivity contribution in [2.45, 2.75) is 136 Å². The Morgan fingerprint density at radius 1 is 0.636 bits per heavy atom. The van der Waals surface area contributed by atoms with Crippen LogP contribution in [0.5, 0.6) is 0 Å². The van der Waals surface area contributed by atoms with E-state index in [1.165, 1.54) is 18.1 Å². The van der Waals surface area contributed by atoms with Crippen LogP contribution in [0.3, 0.4) is 0 Å². The molecule has 0 aliphatic rings. The normalized spacial score (nSPS) is 12.9. The fourth-order valence-corrected chi connectivity index (χ4v) is 16.4. The molecule has 0 fully saturated rings. The van der Waals surface area contributed by atoms with Crippen LogP contribution in [-0.4, -0.2) is 51.4 Å². The van der Waals surface area contributed by atoms with Crippen molar-refractivity contribution in [3.63, 3.8) is 0 Å². The summed E-state index contributed by atoms with van der Waals surface area (Å²) in [4.78, 5) is 0. The summed E-state index contributed by atoms with van der Waals surface area (Å²) in [5.41, 5.74) is 5.31. The van der Waals surface area contributed by atoms with E-state index in [0.717, 1.165) is 22.6 Å². The predicted octanol–water partition coefficient (Wildman–Crippen LogP) is 10.1. The molecule has 1 aromatic carbocycles. The summed E-state index contributed by atoms with van der Waals surface area (Å²) in [6.07, 6.45) is 5.72. The molecule has 0 unspecified atom stereocenters. The zero-order valence-electron chi connectivity index (χ0n) is 24.7. The van der Waals surface area contributed by atoms with E-state index in [1.54, 1.807) is 12.3 Å². The maximum Gasteiger partial charge on any atom is 0.0910 e. The maximum absolute atomic E-state index is 2.44. The Bertz CT molecular complexity index is 527. The Morgan fingerprint density at radius 3 is 1.18 bits per heavy atom. The van der Waals surface area contributed by atoms with Gasteiger partial charge in [-0.1, -0.05) is 55.9 Å². The van der Waals surface area contributed by atoms with Crippen LogP contribution in [0.15, 0.2) is 24.3 Å². The molecule has 0 bridgehead atoms.